The highest BCUT2D eigenvalue weighted by Gasteiger charge is 2.10. The van der Waals surface area contributed by atoms with E-state index in [9.17, 15) is 4.79 Å². The summed E-state index contributed by atoms with van der Waals surface area (Å²) in [6, 6.07) is 3.52. The number of nitrogens with one attached hydrogen (secondary N) is 1. The number of carbonyl (C=O) groups excluding carboxylic acids is 1. The van der Waals surface area contributed by atoms with Crippen LogP contribution in [0, 0.1) is 0 Å². The fourth-order valence-corrected chi connectivity index (χ4v) is 1.17. The van der Waals surface area contributed by atoms with Gasteiger partial charge in [-0.05, 0) is 18.6 Å². The van der Waals surface area contributed by atoms with Crippen molar-refractivity contribution >= 4 is 5.91 Å². The first-order valence-corrected chi connectivity index (χ1v) is 4.78. The number of aromatic nitrogens is 1. The van der Waals surface area contributed by atoms with E-state index in [1.165, 1.54) is 0 Å². The number of nitrogens with two attached hydrogens (primary N) is 1. The Morgan fingerprint density at radius 1 is 1.71 bits per heavy atom. The minimum absolute atomic E-state index is 0.0892. The molecule has 1 amide bonds. The molecule has 4 heteroatoms. The molecule has 4 nitrogen and oxygen atoms in total. The van der Waals surface area contributed by atoms with Crippen LogP contribution in [-0.4, -0.2) is 16.5 Å². The minimum Gasteiger partial charge on any atom is -0.353 e. The van der Waals surface area contributed by atoms with Crippen LogP contribution < -0.4 is 11.1 Å². The zero-order chi connectivity index (χ0) is 10.6. The van der Waals surface area contributed by atoms with E-state index in [-0.39, 0.29) is 5.91 Å². The molecular formula is C10H17N3O. The number of carbonyl (C=O) groups is 1. The third-order valence-electron chi connectivity index (χ3n) is 2.27. The second-order valence-electron chi connectivity index (χ2n) is 3.34. The Kier molecular flexibility index (Phi) is 3.71. The van der Waals surface area contributed by atoms with E-state index in [1.807, 2.05) is 36.9 Å². The average molecular weight is 195 g/mol. The minimum atomic E-state index is -0.393. The summed E-state index contributed by atoms with van der Waals surface area (Å²) in [6.07, 6.45) is 2.61. The maximum atomic E-state index is 11.3. The molecule has 0 fully saturated rings. The molecule has 0 aliphatic heterocycles. The molecule has 0 bridgehead atoms. The summed E-state index contributed by atoms with van der Waals surface area (Å²) < 4.78 is 1.97. The van der Waals surface area contributed by atoms with E-state index >= 15 is 0 Å². The van der Waals surface area contributed by atoms with Crippen molar-refractivity contribution in [3.8, 4) is 0 Å². The standard InChI is InChI=1S/C10H17N3O/c1-3-9(11)10(14)12-7-8-5-4-6-13(8)2/h4-6,9H,3,7,11H2,1-2H3,(H,12,14). The average Bonchev–Trinajstić information content (AvgIpc) is 2.59. The Hall–Kier alpha value is -1.29. The van der Waals surface area contributed by atoms with E-state index in [0.29, 0.717) is 13.0 Å². The van der Waals surface area contributed by atoms with Gasteiger partial charge in [-0.1, -0.05) is 6.92 Å². The van der Waals surface area contributed by atoms with E-state index < -0.39 is 6.04 Å². The third-order valence-corrected chi connectivity index (χ3v) is 2.27. The fourth-order valence-electron chi connectivity index (χ4n) is 1.17. The third kappa shape index (κ3) is 2.60. The fraction of sp³-hybridized carbons (Fsp3) is 0.500. The molecule has 1 heterocycles. The summed E-state index contributed by atoms with van der Waals surface area (Å²) >= 11 is 0. The molecule has 0 saturated carbocycles. The highest BCUT2D eigenvalue weighted by molar-refractivity contribution is 5.81. The van der Waals surface area contributed by atoms with Crippen molar-refractivity contribution in [1.29, 1.82) is 0 Å². The van der Waals surface area contributed by atoms with Crippen LogP contribution in [-0.2, 0) is 18.4 Å². The van der Waals surface area contributed by atoms with E-state index in [2.05, 4.69) is 5.32 Å². The van der Waals surface area contributed by atoms with Gasteiger partial charge in [0, 0.05) is 18.9 Å². The molecule has 0 spiro atoms. The topological polar surface area (TPSA) is 60.1 Å². The van der Waals surface area contributed by atoms with Crippen molar-refractivity contribution < 1.29 is 4.79 Å². The van der Waals surface area contributed by atoms with Gasteiger partial charge in [-0.15, -0.1) is 0 Å². The molecule has 78 valence electrons. The van der Waals surface area contributed by atoms with Crippen LogP contribution in [0.4, 0.5) is 0 Å². The van der Waals surface area contributed by atoms with Gasteiger partial charge in [0.1, 0.15) is 0 Å². The maximum absolute atomic E-state index is 11.3. The first-order valence-electron chi connectivity index (χ1n) is 4.78. The molecule has 1 unspecified atom stereocenters. The van der Waals surface area contributed by atoms with Gasteiger partial charge < -0.3 is 15.6 Å². The normalized spacial score (nSPS) is 12.5. The zero-order valence-electron chi connectivity index (χ0n) is 8.66. The van der Waals surface area contributed by atoms with Gasteiger partial charge >= 0.3 is 0 Å². The van der Waals surface area contributed by atoms with Crippen LogP contribution in [0.1, 0.15) is 19.0 Å². The molecule has 1 rings (SSSR count). The Bertz CT molecular complexity index is 306. The van der Waals surface area contributed by atoms with Gasteiger partial charge in [-0.25, -0.2) is 0 Å². The Labute approximate surface area is 84.1 Å². The molecule has 1 atom stereocenters. The SMILES string of the molecule is CCC(N)C(=O)NCc1cccn1C. The molecule has 3 N–H and O–H groups in total. The lowest BCUT2D eigenvalue weighted by Crippen LogP contribution is -2.39. The second kappa shape index (κ2) is 4.81. The van der Waals surface area contributed by atoms with E-state index in [1.54, 1.807) is 0 Å². The van der Waals surface area contributed by atoms with E-state index in [4.69, 9.17) is 5.73 Å². The highest BCUT2D eigenvalue weighted by Crippen LogP contribution is 1.98. The molecule has 1 aromatic rings. The van der Waals surface area contributed by atoms with Crippen molar-refractivity contribution in [2.45, 2.75) is 25.9 Å². The summed E-state index contributed by atoms with van der Waals surface area (Å²) in [4.78, 5) is 11.3. The molecule has 0 saturated heterocycles. The van der Waals surface area contributed by atoms with E-state index in [0.717, 1.165) is 5.69 Å². The van der Waals surface area contributed by atoms with Gasteiger partial charge in [0.15, 0.2) is 0 Å². The lowest BCUT2D eigenvalue weighted by atomic mass is 10.2. The number of rotatable bonds is 4. The van der Waals surface area contributed by atoms with Crippen LogP contribution in [0.3, 0.4) is 0 Å². The van der Waals surface area contributed by atoms with Crippen molar-refractivity contribution in [3.05, 3.63) is 24.0 Å². The largest absolute Gasteiger partial charge is 0.353 e. The lowest BCUT2D eigenvalue weighted by Gasteiger charge is -2.10. The Balaban J connectivity index is 2.41. The van der Waals surface area contributed by atoms with Crippen LogP contribution in [0.15, 0.2) is 18.3 Å². The molecule has 0 aliphatic rings. The number of amides is 1. The summed E-state index contributed by atoms with van der Waals surface area (Å²) in [5, 5.41) is 2.79. The maximum Gasteiger partial charge on any atom is 0.237 e. The molecule has 14 heavy (non-hydrogen) atoms. The molecule has 1 aromatic heterocycles. The number of nitrogens with zero attached hydrogens (tertiary/aromatic N) is 1. The summed E-state index contributed by atoms with van der Waals surface area (Å²) in [5.41, 5.74) is 6.65. The summed E-state index contributed by atoms with van der Waals surface area (Å²) in [6.45, 7) is 2.43. The predicted octanol–water partition coefficient (Wildman–Crippen LogP) is 0.379. The first kappa shape index (κ1) is 10.8. The quantitative estimate of drug-likeness (QED) is 0.729. The van der Waals surface area contributed by atoms with Gasteiger partial charge in [0.25, 0.3) is 0 Å². The Morgan fingerprint density at radius 3 is 2.93 bits per heavy atom. The van der Waals surface area contributed by atoms with Gasteiger partial charge in [-0.3, -0.25) is 4.79 Å². The van der Waals surface area contributed by atoms with Crippen molar-refractivity contribution in [2.24, 2.45) is 12.8 Å². The number of hydrogen-bond acceptors (Lipinski definition) is 2. The highest BCUT2D eigenvalue weighted by atomic mass is 16.2. The first-order chi connectivity index (χ1) is 6.65. The van der Waals surface area contributed by atoms with Crippen molar-refractivity contribution in [1.82, 2.24) is 9.88 Å². The Morgan fingerprint density at radius 2 is 2.43 bits per heavy atom. The van der Waals surface area contributed by atoms with Crippen molar-refractivity contribution in [2.75, 3.05) is 0 Å². The van der Waals surface area contributed by atoms with Crippen LogP contribution in [0.2, 0.25) is 0 Å². The van der Waals surface area contributed by atoms with Crippen molar-refractivity contribution in [3.63, 3.8) is 0 Å². The lowest BCUT2D eigenvalue weighted by molar-refractivity contribution is -0.122. The van der Waals surface area contributed by atoms with Gasteiger partial charge in [-0.2, -0.15) is 0 Å². The van der Waals surface area contributed by atoms with Gasteiger partial charge in [0.05, 0.1) is 12.6 Å². The number of hydrogen-bond donors (Lipinski definition) is 2. The van der Waals surface area contributed by atoms with Crippen LogP contribution in [0.25, 0.3) is 0 Å². The summed E-state index contributed by atoms with van der Waals surface area (Å²) in [5.74, 6) is -0.0892. The smallest absolute Gasteiger partial charge is 0.237 e. The van der Waals surface area contributed by atoms with Gasteiger partial charge in [0.2, 0.25) is 5.91 Å². The molecule has 0 aliphatic carbocycles. The zero-order valence-corrected chi connectivity index (χ0v) is 8.66. The second-order valence-corrected chi connectivity index (χ2v) is 3.34. The molecule has 0 radical (unpaired) electrons. The molecular weight excluding hydrogens is 178 g/mol. The van der Waals surface area contributed by atoms with Crippen LogP contribution in [0.5, 0.6) is 0 Å². The predicted molar refractivity (Wildman–Crippen MR) is 55.5 cm³/mol. The number of aryl methyl sites for hydroxylation is 1. The monoisotopic (exact) mass is 195 g/mol. The summed E-state index contributed by atoms with van der Waals surface area (Å²) in [7, 11) is 1.95. The molecule has 0 aromatic carbocycles. The van der Waals surface area contributed by atoms with Crippen LogP contribution >= 0.6 is 0 Å².